The molecular formula is C25H26N6O2. The molecule has 2 aromatic heterocycles. The van der Waals surface area contributed by atoms with Gasteiger partial charge in [-0.3, -0.25) is 5.43 Å². The van der Waals surface area contributed by atoms with Gasteiger partial charge in [0.15, 0.2) is 11.5 Å². The topological polar surface area (TPSA) is 76.3 Å². The summed E-state index contributed by atoms with van der Waals surface area (Å²) in [6.07, 6.45) is 1.80. The maximum absolute atomic E-state index is 5.55. The predicted octanol–water partition coefficient (Wildman–Crippen LogP) is 4.00. The Labute approximate surface area is 192 Å². The number of fused-ring (bicyclic) bond motifs is 1. The van der Waals surface area contributed by atoms with Gasteiger partial charge in [0, 0.05) is 30.8 Å². The Balaban J connectivity index is 1.49. The van der Waals surface area contributed by atoms with Crippen molar-refractivity contribution in [1.29, 1.82) is 0 Å². The number of aryl methyl sites for hydroxylation is 1. The summed E-state index contributed by atoms with van der Waals surface area (Å²) in [5, 5.41) is 9.26. The van der Waals surface area contributed by atoms with E-state index in [2.05, 4.69) is 34.5 Å². The molecule has 0 atom stereocenters. The summed E-state index contributed by atoms with van der Waals surface area (Å²) < 4.78 is 12.7. The van der Waals surface area contributed by atoms with Gasteiger partial charge in [0.25, 0.3) is 0 Å². The first kappa shape index (κ1) is 21.0. The zero-order chi connectivity index (χ0) is 22.6. The Bertz CT molecular complexity index is 1280. The number of hydrogen-bond donors (Lipinski definition) is 1. The van der Waals surface area contributed by atoms with Gasteiger partial charge < -0.3 is 14.4 Å². The number of anilines is 2. The van der Waals surface area contributed by atoms with E-state index in [0.29, 0.717) is 19.0 Å². The third kappa shape index (κ3) is 4.65. The lowest BCUT2D eigenvalue weighted by Crippen LogP contribution is -2.37. The highest BCUT2D eigenvalue weighted by atomic mass is 16.5. The van der Waals surface area contributed by atoms with Gasteiger partial charge in [-0.15, -0.1) is 0 Å². The lowest BCUT2D eigenvalue weighted by Gasteiger charge is -2.29. The average Bonchev–Trinajstić information content (AvgIpc) is 3.28. The molecule has 2 aromatic carbocycles. The lowest BCUT2D eigenvalue weighted by atomic mass is 10.1. The molecule has 1 aliphatic heterocycles. The molecule has 0 spiro atoms. The Morgan fingerprint density at radius 1 is 1.06 bits per heavy atom. The Morgan fingerprint density at radius 2 is 1.88 bits per heavy atom. The van der Waals surface area contributed by atoms with Crippen LogP contribution in [0.15, 0.2) is 65.8 Å². The van der Waals surface area contributed by atoms with Crippen LogP contribution >= 0.6 is 0 Å². The molecule has 1 aliphatic rings. The summed E-state index contributed by atoms with van der Waals surface area (Å²) in [7, 11) is 1.66. The fourth-order valence-corrected chi connectivity index (χ4v) is 3.86. The van der Waals surface area contributed by atoms with E-state index in [1.54, 1.807) is 13.3 Å². The van der Waals surface area contributed by atoms with Crippen LogP contribution < -0.4 is 15.1 Å². The number of methoxy groups -OCH3 is 1. The van der Waals surface area contributed by atoms with Crippen LogP contribution in [0, 0.1) is 6.92 Å². The minimum absolute atomic E-state index is 0.661. The minimum atomic E-state index is 0.661. The normalized spacial score (nSPS) is 14.2. The predicted molar refractivity (Wildman–Crippen MR) is 130 cm³/mol. The van der Waals surface area contributed by atoms with E-state index < -0.39 is 0 Å². The van der Waals surface area contributed by atoms with Gasteiger partial charge in [-0.05, 0) is 36.8 Å². The number of nitrogens with one attached hydrogen (secondary N) is 1. The number of hydrazone groups is 1. The quantitative estimate of drug-likeness (QED) is 0.359. The van der Waals surface area contributed by atoms with E-state index >= 15 is 0 Å². The summed E-state index contributed by atoms with van der Waals surface area (Å²) >= 11 is 0. The van der Waals surface area contributed by atoms with E-state index in [9.17, 15) is 0 Å². The molecule has 0 saturated carbocycles. The molecule has 5 rings (SSSR count). The smallest absolute Gasteiger partial charge is 0.160 e. The van der Waals surface area contributed by atoms with Crippen LogP contribution in [0.3, 0.4) is 0 Å². The van der Waals surface area contributed by atoms with E-state index in [1.807, 2.05) is 53.0 Å². The van der Waals surface area contributed by atoms with Crippen LogP contribution in [0.2, 0.25) is 0 Å². The second-order valence-corrected chi connectivity index (χ2v) is 7.91. The summed E-state index contributed by atoms with van der Waals surface area (Å²) in [4.78, 5) is 7.01. The number of hydrogen-bond acceptors (Lipinski definition) is 7. The van der Waals surface area contributed by atoms with E-state index in [4.69, 9.17) is 19.6 Å². The van der Waals surface area contributed by atoms with E-state index in [-0.39, 0.29) is 0 Å². The summed E-state index contributed by atoms with van der Waals surface area (Å²) in [6, 6.07) is 20.0. The zero-order valence-electron chi connectivity index (χ0n) is 18.7. The lowest BCUT2D eigenvalue weighted by molar-refractivity contribution is 0.122. The van der Waals surface area contributed by atoms with E-state index in [0.717, 1.165) is 47.1 Å². The van der Waals surface area contributed by atoms with Gasteiger partial charge >= 0.3 is 0 Å². The molecular weight excluding hydrogens is 416 g/mol. The number of benzene rings is 2. The molecule has 0 amide bonds. The molecule has 4 aromatic rings. The van der Waals surface area contributed by atoms with Crippen LogP contribution in [-0.2, 0) is 4.74 Å². The number of nitrogens with zero attached hydrogens (tertiary/aromatic N) is 5. The summed E-state index contributed by atoms with van der Waals surface area (Å²) in [5.41, 5.74) is 7.91. The second-order valence-electron chi connectivity index (χ2n) is 7.91. The molecule has 3 heterocycles. The SMILES string of the molecule is COc1ccc(-c2cc3nc(NN=Cc4cccc(C)c4)cc(N4CCOCC4)n3n2)cc1. The van der Waals surface area contributed by atoms with Crippen molar-refractivity contribution in [3.8, 4) is 17.0 Å². The van der Waals surface area contributed by atoms with Gasteiger partial charge in [-0.25, -0.2) is 4.98 Å². The first-order chi connectivity index (χ1) is 16.2. The Hall–Kier alpha value is -3.91. The minimum Gasteiger partial charge on any atom is -0.497 e. The molecule has 1 N–H and O–H groups in total. The summed E-state index contributed by atoms with van der Waals surface area (Å²) in [5.74, 6) is 2.43. The monoisotopic (exact) mass is 442 g/mol. The molecule has 1 fully saturated rings. The van der Waals surface area contributed by atoms with Crippen molar-refractivity contribution in [3.63, 3.8) is 0 Å². The van der Waals surface area contributed by atoms with Gasteiger partial charge in [0.05, 0.1) is 32.2 Å². The highest BCUT2D eigenvalue weighted by molar-refractivity contribution is 5.80. The van der Waals surface area contributed by atoms with Gasteiger partial charge in [-0.2, -0.15) is 14.7 Å². The first-order valence-corrected chi connectivity index (χ1v) is 10.9. The largest absolute Gasteiger partial charge is 0.497 e. The van der Waals surface area contributed by atoms with Crippen molar-refractivity contribution in [3.05, 3.63) is 71.8 Å². The fraction of sp³-hybridized carbons (Fsp3) is 0.240. The highest BCUT2D eigenvalue weighted by Gasteiger charge is 2.18. The fourth-order valence-electron chi connectivity index (χ4n) is 3.86. The molecule has 8 nitrogen and oxygen atoms in total. The van der Waals surface area contributed by atoms with Crippen molar-refractivity contribution >= 4 is 23.5 Å². The van der Waals surface area contributed by atoms with Crippen LogP contribution in [0.5, 0.6) is 5.75 Å². The van der Waals surface area contributed by atoms with Crippen molar-refractivity contribution in [2.45, 2.75) is 6.92 Å². The maximum atomic E-state index is 5.55. The highest BCUT2D eigenvalue weighted by Crippen LogP contribution is 2.27. The van der Waals surface area contributed by atoms with Crippen LogP contribution in [0.25, 0.3) is 16.9 Å². The van der Waals surface area contributed by atoms with Gasteiger partial charge in [-0.1, -0.05) is 29.8 Å². The molecule has 0 radical (unpaired) electrons. The van der Waals surface area contributed by atoms with Crippen LogP contribution in [0.4, 0.5) is 11.6 Å². The number of rotatable bonds is 6. The molecule has 1 saturated heterocycles. The molecule has 0 aliphatic carbocycles. The van der Waals surface area contributed by atoms with Crippen LogP contribution in [-0.4, -0.2) is 54.2 Å². The third-order valence-electron chi connectivity index (χ3n) is 5.56. The second kappa shape index (κ2) is 9.30. The van der Waals surface area contributed by atoms with Crippen LogP contribution in [0.1, 0.15) is 11.1 Å². The number of aromatic nitrogens is 3. The summed E-state index contributed by atoms with van der Waals surface area (Å²) in [6.45, 7) is 5.02. The molecule has 0 bridgehead atoms. The van der Waals surface area contributed by atoms with Crippen molar-refractivity contribution < 1.29 is 9.47 Å². The first-order valence-electron chi connectivity index (χ1n) is 10.9. The van der Waals surface area contributed by atoms with Crippen molar-refractivity contribution in [2.75, 3.05) is 43.7 Å². The molecule has 168 valence electrons. The van der Waals surface area contributed by atoms with E-state index in [1.165, 1.54) is 5.56 Å². The third-order valence-corrected chi connectivity index (χ3v) is 5.56. The Kier molecular flexibility index (Phi) is 5.91. The molecule has 0 unspecified atom stereocenters. The van der Waals surface area contributed by atoms with Crippen molar-refractivity contribution in [2.24, 2.45) is 5.10 Å². The molecule has 8 heteroatoms. The number of morpholine rings is 1. The van der Waals surface area contributed by atoms with Gasteiger partial charge in [0.2, 0.25) is 0 Å². The van der Waals surface area contributed by atoms with Gasteiger partial charge in [0.1, 0.15) is 11.6 Å². The Morgan fingerprint density at radius 3 is 2.64 bits per heavy atom. The zero-order valence-corrected chi connectivity index (χ0v) is 18.7. The standard InChI is InChI=1S/C25H26N6O2/c1-18-4-3-5-19(14-18)17-26-28-23-16-25(30-10-12-33-13-11-30)31-24(27-23)15-22(29-31)20-6-8-21(32-2)9-7-20/h3-9,14-17H,10-13H2,1-2H3,(H,27,28). The van der Waals surface area contributed by atoms with Crippen molar-refractivity contribution in [1.82, 2.24) is 14.6 Å². The molecule has 33 heavy (non-hydrogen) atoms. The average molecular weight is 443 g/mol. The number of ether oxygens (including phenoxy) is 2. The maximum Gasteiger partial charge on any atom is 0.160 e.